The summed E-state index contributed by atoms with van der Waals surface area (Å²) in [5.74, 6) is 0.0816. The molecule has 4 rings (SSSR count). The Labute approximate surface area is 191 Å². The molecule has 0 aliphatic rings. The number of nitrogens with one attached hydrogen (secondary N) is 2. The fraction of sp³-hybridized carbons (Fsp3) is 0.154. The SMILES string of the molecule is CCN(CC(=O)Nc1ccccc1C(=O)c1ccccc1)Cc1nc2ccccc2c(=O)[nH]1. The van der Waals surface area contributed by atoms with E-state index in [1.54, 1.807) is 66.7 Å². The minimum atomic E-state index is -0.256. The van der Waals surface area contributed by atoms with E-state index in [0.29, 0.717) is 46.6 Å². The van der Waals surface area contributed by atoms with Crippen molar-refractivity contribution in [1.29, 1.82) is 0 Å². The summed E-state index contributed by atoms with van der Waals surface area (Å²) in [6.45, 7) is 2.91. The summed E-state index contributed by atoms with van der Waals surface area (Å²) < 4.78 is 0. The third-order valence-corrected chi connectivity index (χ3v) is 5.33. The van der Waals surface area contributed by atoms with Gasteiger partial charge in [-0.2, -0.15) is 0 Å². The molecule has 0 aliphatic carbocycles. The van der Waals surface area contributed by atoms with Crippen LogP contribution in [0.5, 0.6) is 0 Å². The van der Waals surface area contributed by atoms with Crippen LogP contribution in [0.1, 0.15) is 28.7 Å². The number of hydrogen-bond donors (Lipinski definition) is 2. The predicted molar refractivity (Wildman–Crippen MR) is 128 cm³/mol. The number of nitrogens with zero attached hydrogens (tertiary/aromatic N) is 2. The largest absolute Gasteiger partial charge is 0.324 e. The summed E-state index contributed by atoms with van der Waals surface area (Å²) in [6.07, 6.45) is 0. The molecule has 7 nitrogen and oxygen atoms in total. The highest BCUT2D eigenvalue weighted by molar-refractivity contribution is 6.13. The van der Waals surface area contributed by atoms with Gasteiger partial charge in [0.1, 0.15) is 5.82 Å². The van der Waals surface area contributed by atoms with Crippen molar-refractivity contribution in [2.45, 2.75) is 13.5 Å². The number of amides is 1. The van der Waals surface area contributed by atoms with Gasteiger partial charge < -0.3 is 10.3 Å². The van der Waals surface area contributed by atoms with Crippen molar-refractivity contribution in [1.82, 2.24) is 14.9 Å². The number of carbonyl (C=O) groups excluding carboxylic acids is 2. The van der Waals surface area contributed by atoms with Crippen molar-refractivity contribution in [2.24, 2.45) is 0 Å². The Morgan fingerprint density at radius 1 is 0.939 bits per heavy atom. The van der Waals surface area contributed by atoms with E-state index in [4.69, 9.17) is 0 Å². The fourth-order valence-corrected chi connectivity index (χ4v) is 3.63. The summed E-state index contributed by atoms with van der Waals surface area (Å²) in [5, 5.41) is 3.39. The number of aromatic nitrogens is 2. The summed E-state index contributed by atoms with van der Waals surface area (Å²) in [5.41, 5.74) is 1.86. The van der Waals surface area contributed by atoms with E-state index in [9.17, 15) is 14.4 Å². The van der Waals surface area contributed by atoms with Crippen LogP contribution in [0.3, 0.4) is 0 Å². The van der Waals surface area contributed by atoms with Gasteiger partial charge in [-0.15, -0.1) is 0 Å². The Balaban J connectivity index is 1.47. The van der Waals surface area contributed by atoms with Gasteiger partial charge in [0.15, 0.2) is 5.78 Å². The Morgan fingerprint density at radius 2 is 1.64 bits per heavy atom. The number of ketones is 1. The zero-order valence-corrected chi connectivity index (χ0v) is 18.2. The summed E-state index contributed by atoms with van der Waals surface area (Å²) in [6, 6.07) is 23.1. The van der Waals surface area contributed by atoms with Gasteiger partial charge in [-0.3, -0.25) is 19.3 Å². The quantitative estimate of drug-likeness (QED) is 0.408. The molecule has 0 bridgehead atoms. The van der Waals surface area contributed by atoms with E-state index in [2.05, 4.69) is 15.3 Å². The lowest BCUT2D eigenvalue weighted by atomic mass is 10.0. The molecule has 33 heavy (non-hydrogen) atoms. The van der Waals surface area contributed by atoms with Crippen LogP contribution in [0.4, 0.5) is 5.69 Å². The van der Waals surface area contributed by atoms with Gasteiger partial charge in [-0.25, -0.2) is 4.98 Å². The number of carbonyl (C=O) groups is 2. The molecule has 0 fully saturated rings. The van der Waals surface area contributed by atoms with E-state index in [1.165, 1.54) is 0 Å². The lowest BCUT2D eigenvalue weighted by Crippen LogP contribution is -2.34. The third-order valence-electron chi connectivity index (χ3n) is 5.33. The monoisotopic (exact) mass is 440 g/mol. The zero-order chi connectivity index (χ0) is 23.2. The van der Waals surface area contributed by atoms with Crippen LogP contribution in [0.2, 0.25) is 0 Å². The summed E-state index contributed by atoms with van der Waals surface area (Å²) in [7, 11) is 0. The van der Waals surface area contributed by atoms with Gasteiger partial charge in [0.05, 0.1) is 29.7 Å². The van der Waals surface area contributed by atoms with Crippen LogP contribution in [0.15, 0.2) is 83.7 Å². The van der Waals surface area contributed by atoms with Crippen molar-refractivity contribution < 1.29 is 9.59 Å². The maximum absolute atomic E-state index is 12.9. The average Bonchev–Trinajstić information content (AvgIpc) is 2.84. The van der Waals surface area contributed by atoms with Crippen molar-refractivity contribution in [3.63, 3.8) is 0 Å². The van der Waals surface area contributed by atoms with Gasteiger partial charge in [0.2, 0.25) is 5.91 Å². The number of likely N-dealkylation sites (N-methyl/N-ethyl adjacent to an activating group) is 1. The predicted octanol–water partition coefficient (Wildman–Crippen LogP) is 3.61. The molecule has 1 heterocycles. The molecule has 0 radical (unpaired) electrons. The van der Waals surface area contributed by atoms with Gasteiger partial charge in [-0.1, -0.05) is 61.5 Å². The first-order valence-electron chi connectivity index (χ1n) is 10.7. The van der Waals surface area contributed by atoms with Crippen LogP contribution >= 0.6 is 0 Å². The number of aromatic amines is 1. The summed E-state index contributed by atoms with van der Waals surface area (Å²) in [4.78, 5) is 47.2. The van der Waals surface area contributed by atoms with E-state index in [-0.39, 0.29) is 23.8 Å². The molecule has 0 saturated carbocycles. The number of hydrogen-bond acceptors (Lipinski definition) is 5. The second-order valence-electron chi connectivity index (χ2n) is 7.62. The van der Waals surface area contributed by atoms with Gasteiger partial charge in [0, 0.05) is 11.1 Å². The molecule has 2 N–H and O–H groups in total. The molecule has 0 aliphatic heterocycles. The van der Waals surface area contributed by atoms with Crippen molar-refractivity contribution >= 4 is 28.3 Å². The topological polar surface area (TPSA) is 95.2 Å². The van der Waals surface area contributed by atoms with E-state index >= 15 is 0 Å². The highest BCUT2D eigenvalue weighted by Gasteiger charge is 2.17. The van der Waals surface area contributed by atoms with Crippen LogP contribution in [0.25, 0.3) is 10.9 Å². The van der Waals surface area contributed by atoms with Crippen LogP contribution < -0.4 is 10.9 Å². The van der Waals surface area contributed by atoms with Crippen molar-refractivity contribution in [3.8, 4) is 0 Å². The number of anilines is 1. The number of fused-ring (bicyclic) bond motifs is 1. The lowest BCUT2D eigenvalue weighted by molar-refractivity contribution is -0.117. The minimum absolute atomic E-state index is 0.0842. The second kappa shape index (κ2) is 10.0. The molecule has 0 atom stereocenters. The zero-order valence-electron chi connectivity index (χ0n) is 18.2. The highest BCUT2D eigenvalue weighted by atomic mass is 16.2. The molecule has 3 aromatic carbocycles. The van der Waals surface area contributed by atoms with Gasteiger partial charge in [0.25, 0.3) is 5.56 Å². The smallest absolute Gasteiger partial charge is 0.258 e. The van der Waals surface area contributed by atoms with E-state index in [0.717, 1.165) is 0 Å². The first-order chi connectivity index (χ1) is 16.0. The van der Waals surface area contributed by atoms with Crippen molar-refractivity contribution in [2.75, 3.05) is 18.4 Å². The first kappa shape index (κ1) is 22.1. The molecular formula is C26H24N4O3. The summed E-state index contributed by atoms with van der Waals surface area (Å²) >= 11 is 0. The van der Waals surface area contributed by atoms with Crippen molar-refractivity contribution in [3.05, 3.63) is 106 Å². The van der Waals surface area contributed by atoms with E-state index < -0.39 is 0 Å². The normalized spacial score (nSPS) is 11.0. The number of para-hydroxylation sites is 2. The Bertz CT molecular complexity index is 1350. The fourth-order valence-electron chi connectivity index (χ4n) is 3.63. The Morgan fingerprint density at radius 3 is 2.42 bits per heavy atom. The van der Waals surface area contributed by atoms with Crippen LogP contribution in [-0.4, -0.2) is 39.6 Å². The number of H-pyrrole nitrogens is 1. The molecule has 0 saturated heterocycles. The average molecular weight is 441 g/mol. The molecule has 1 aromatic heterocycles. The molecule has 1 amide bonds. The number of rotatable bonds is 8. The Kier molecular flexibility index (Phi) is 6.71. The molecule has 0 unspecified atom stereocenters. The van der Waals surface area contributed by atoms with E-state index in [1.807, 2.05) is 24.0 Å². The third kappa shape index (κ3) is 5.22. The molecule has 166 valence electrons. The first-order valence-corrected chi connectivity index (χ1v) is 10.7. The highest BCUT2D eigenvalue weighted by Crippen LogP contribution is 2.19. The second-order valence-corrected chi connectivity index (χ2v) is 7.62. The number of benzene rings is 3. The molecule has 7 heteroatoms. The maximum Gasteiger partial charge on any atom is 0.258 e. The lowest BCUT2D eigenvalue weighted by Gasteiger charge is -2.20. The maximum atomic E-state index is 12.9. The standard InChI is InChI=1S/C26H24N4O3/c1-2-30(16-23-27-22-15-9-7-13-20(22)26(33)29-23)17-24(31)28-21-14-8-6-12-19(21)25(32)18-10-4-3-5-11-18/h3-15H,2,16-17H2,1H3,(H,28,31)(H,27,29,33). The minimum Gasteiger partial charge on any atom is -0.324 e. The van der Waals surface area contributed by atoms with Gasteiger partial charge >= 0.3 is 0 Å². The molecule has 4 aromatic rings. The Hall–Kier alpha value is -4.10. The van der Waals surface area contributed by atoms with Crippen LogP contribution in [0, 0.1) is 0 Å². The molecule has 0 spiro atoms. The van der Waals surface area contributed by atoms with Crippen LogP contribution in [-0.2, 0) is 11.3 Å². The van der Waals surface area contributed by atoms with Gasteiger partial charge in [-0.05, 0) is 30.8 Å². The molecular weight excluding hydrogens is 416 g/mol.